The number of nitrogens with zero attached hydrogens (tertiary/aromatic N) is 6. The number of amides is 1. The summed E-state index contributed by atoms with van der Waals surface area (Å²) in [5, 5.41) is 8.30. The number of pyridine rings is 1. The Labute approximate surface area is 225 Å². The second-order valence-electron chi connectivity index (χ2n) is 9.38. The fourth-order valence-corrected chi connectivity index (χ4v) is 4.69. The average Bonchev–Trinajstić information content (AvgIpc) is 3.60. The van der Waals surface area contributed by atoms with E-state index < -0.39 is 0 Å². The third-order valence-electron chi connectivity index (χ3n) is 6.64. The van der Waals surface area contributed by atoms with Gasteiger partial charge in [0.25, 0.3) is 5.91 Å². The smallest absolute Gasteiger partial charge is 0.257 e. The lowest BCUT2D eigenvalue weighted by atomic mass is 9.97. The highest BCUT2D eigenvalue weighted by Gasteiger charge is 2.22. The molecule has 4 heterocycles. The molecule has 4 aromatic heterocycles. The Kier molecular flexibility index (Phi) is 6.10. The van der Waals surface area contributed by atoms with Gasteiger partial charge in [-0.1, -0.05) is 54.3 Å². The largest absolute Gasteiger partial charge is 0.345 e. The van der Waals surface area contributed by atoms with E-state index in [-0.39, 0.29) is 11.9 Å². The highest BCUT2D eigenvalue weighted by molar-refractivity contribution is 6.01. The van der Waals surface area contributed by atoms with Crippen LogP contribution in [0.1, 0.15) is 45.7 Å². The lowest BCUT2D eigenvalue weighted by molar-refractivity contribution is 0.0940. The van der Waals surface area contributed by atoms with Crippen LogP contribution >= 0.6 is 0 Å². The Morgan fingerprint density at radius 3 is 2.69 bits per heavy atom. The van der Waals surface area contributed by atoms with Crippen molar-refractivity contribution < 1.29 is 4.79 Å². The van der Waals surface area contributed by atoms with Gasteiger partial charge < -0.3 is 5.32 Å². The van der Waals surface area contributed by atoms with E-state index in [1.54, 1.807) is 34.0 Å². The van der Waals surface area contributed by atoms with Crippen molar-refractivity contribution in [3.63, 3.8) is 0 Å². The van der Waals surface area contributed by atoms with E-state index >= 15 is 0 Å². The van der Waals surface area contributed by atoms with Crippen molar-refractivity contribution in [2.45, 2.75) is 19.9 Å². The number of para-hydroxylation sites is 1. The van der Waals surface area contributed by atoms with Gasteiger partial charge in [-0.2, -0.15) is 5.10 Å². The van der Waals surface area contributed by atoms with E-state index in [1.807, 2.05) is 75.6 Å². The summed E-state index contributed by atoms with van der Waals surface area (Å²) in [5.74, 6) is 6.22. The van der Waals surface area contributed by atoms with Gasteiger partial charge in [0.1, 0.15) is 11.9 Å². The maximum atomic E-state index is 13.5. The molecule has 0 aliphatic heterocycles. The number of hydrogen-bond donors (Lipinski definition) is 1. The normalized spacial score (nSPS) is 11.8. The van der Waals surface area contributed by atoms with Gasteiger partial charge in [0.2, 0.25) is 0 Å². The number of rotatable bonds is 4. The molecule has 8 nitrogen and oxygen atoms in total. The SMILES string of the molecule is Cc1ncn2ccnc2c1C(=O)N[C@@H](C)c1cc2cccc(C#Cc3cnn(C)c3)c2nc1-c1ccccc1. The number of fused-ring (bicyclic) bond motifs is 2. The minimum absolute atomic E-state index is 0.237. The summed E-state index contributed by atoms with van der Waals surface area (Å²) < 4.78 is 3.47. The molecule has 0 unspecified atom stereocenters. The van der Waals surface area contributed by atoms with Crippen LogP contribution in [0, 0.1) is 18.8 Å². The zero-order valence-electron chi connectivity index (χ0n) is 21.8. The third-order valence-corrected chi connectivity index (χ3v) is 6.64. The molecule has 0 saturated heterocycles. The van der Waals surface area contributed by atoms with Crippen LogP contribution in [0.25, 0.3) is 27.8 Å². The van der Waals surface area contributed by atoms with Crippen LogP contribution < -0.4 is 5.32 Å². The molecule has 190 valence electrons. The number of hydrogen-bond acceptors (Lipinski definition) is 5. The number of aromatic nitrogens is 6. The molecule has 1 atom stereocenters. The van der Waals surface area contributed by atoms with Crippen molar-refractivity contribution in [2.75, 3.05) is 0 Å². The number of carbonyl (C=O) groups is 1. The van der Waals surface area contributed by atoms with E-state index in [9.17, 15) is 4.79 Å². The van der Waals surface area contributed by atoms with Crippen LogP contribution in [-0.2, 0) is 7.05 Å². The van der Waals surface area contributed by atoms with Crippen LogP contribution in [0.5, 0.6) is 0 Å². The summed E-state index contributed by atoms with van der Waals surface area (Å²) in [6, 6.07) is 17.7. The molecule has 8 heteroatoms. The Balaban J connectivity index is 1.44. The fraction of sp³-hybridized carbons (Fsp3) is 0.129. The third kappa shape index (κ3) is 4.62. The van der Waals surface area contributed by atoms with Crippen LogP contribution in [0.3, 0.4) is 0 Å². The molecule has 1 amide bonds. The maximum absolute atomic E-state index is 13.5. The molecule has 6 aromatic rings. The Hall–Kier alpha value is -5.29. The zero-order chi connectivity index (χ0) is 26.9. The van der Waals surface area contributed by atoms with Gasteiger partial charge in [-0.25, -0.2) is 15.0 Å². The predicted octanol–water partition coefficient (Wildman–Crippen LogP) is 4.88. The Bertz CT molecular complexity index is 1910. The molecule has 6 rings (SSSR count). The summed E-state index contributed by atoms with van der Waals surface area (Å²) in [4.78, 5) is 27.4. The van der Waals surface area contributed by atoms with Gasteiger partial charge in [0.15, 0.2) is 5.65 Å². The average molecular weight is 512 g/mol. The number of benzene rings is 2. The highest BCUT2D eigenvalue weighted by Crippen LogP contribution is 2.31. The van der Waals surface area contributed by atoms with E-state index in [0.717, 1.165) is 38.9 Å². The first-order valence-electron chi connectivity index (χ1n) is 12.6. The number of nitrogens with one attached hydrogen (secondary N) is 1. The van der Waals surface area contributed by atoms with Gasteiger partial charge >= 0.3 is 0 Å². The zero-order valence-corrected chi connectivity index (χ0v) is 21.8. The Morgan fingerprint density at radius 1 is 1.05 bits per heavy atom. The quantitative estimate of drug-likeness (QED) is 0.341. The van der Waals surface area contributed by atoms with E-state index in [0.29, 0.717) is 16.9 Å². The minimum Gasteiger partial charge on any atom is -0.345 e. The molecular formula is C31H25N7O. The highest BCUT2D eigenvalue weighted by atomic mass is 16.1. The van der Waals surface area contributed by atoms with Gasteiger partial charge in [0.05, 0.1) is 40.3 Å². The fourth-order valence-electron chi connectivity index (χ4n) is 4.69. The van der Waals surface area contributed by atoms with E-state index in [2.05, 4.69) is 38.3 Å². The van der Waals surface area contributed by atoms with Crippen molar-refractivity contribution in [1.29, 1.82) is 0 Å². The first-order chi connectivity index (χ1) is 19.0. The lowest BCUT2D eigenvalue weighted by Crippen LogP contribution is -2.28. The molecular weight excluding hydrogens is 486 g/mol. The van der Waals surface area contributed by atoms with Gasteiger partial charge in [-0.15, -0.1) is 0 Å². The van der Waals surface area contributed by atoms with E-state index in [4.69, 9.17) is 4.98 Å². The van der Waals surface area contributed by atoms with Crippen LogP contribution in [0.4, 0.5) is 0 Å². The molecule has 0 spiro atoms. The van der Waals surface area contributed by atoms with Crippen LogP contribution in [-0.4, -0.2) is 35.0 Å². The number of imidazole rings is 1. The first kappa shape index (κ1) is 24.1. The molecule has 0 aliphatic carbocycles. The van der Waals surface area contributed by atoms with Gasteiger partial charge in [-0.05, 0) is 26.0 Å². The lowest BCUT2D eigenvalue weighted by Gasteiger charge is -2.19. The van der Waals surface area contributed by atoms with E-state index in [1.165, 1.54) is 0 Å². The summed E-state index contributed by atoms with van der Waals surface area (Å²) in [5.41, 5.74) is 6.76. The molecule has 1 N–H and O–H groups in total. The molecule has 0 saturated carbocycles. The van der Waals surface area contributed by atoms with Gasteiger partial charge in [-0.3, -0.25) is 13.9 Å². The molecule has 0 bridgehead atoms. The molecule has 39 heavy (non-hydrogen) atoms. The minimum atomic E-state index is -0.343. The molecule has 2 aromatic carbocycles. The molecule has 0 aliphatic rings. The summed E-state index contributed by atoms with van der Waals surface area (Å²) >= 11 is 0. The molecule has 0 radical (unpaired) electrons. The van der Waals surface area contributed by atoms with Crippen molar-refractivity contribution in [3.05, 3.63) is 114 Å². The second kappa shape index (κ2) is 9.88. The predicted molar refractivity (Wildman–Crippen MR) is 150 cm³/mol. The van der Waals surface area contributed by atoms with Crippen LogP contribution in [0.2, 0.25) is 0 Å². The number of carbonyl (C=O) groups excluding carboxylic acids is 1. The van der Waals surface area contributed by atoms with Crippen molar-refractivity contribution in [3.8, 4) is 23.1 Å². The standard InChI is InChI=1S/C31H25N7O/c1-20(35-31(39)27-21(2)33-19-38-15-14-32-30(27)38)26-16-25-11-7-10-24(13-12-22-17-34-37(3)18-22)28(25)36-29(26)23-8-5-4-6-9-23/h4-11,14-20H,1-3H3,(H,35,39)/t20-/m0/s1. The summed E-state index contributed by atoms with van der Waals surface area (Å²) in [6.07, 6.45) is 8.71. The van der Waals surface area contributed by atoms with Crippen molar-refractivity contribution >= 4 is 22.5 Å². The van der Waals surface area contributed by atoms with Crippen molar-refractivity contribution in [1.82, 2.24) is 34.4 Å². The maximum Gasteiger partial charge on any atom is 0.257 e. The topological polar surface area (TPSA) is 90.0 Å². The molecule has 0 fully saturated rings. The van der Waals surface area contributed by atoms with Gasteiger partial charge in [0, 0.05) is 42.2 Å². The monoisotopic (exact) mass is 511 g/mol. The summed E-state index contributed by atoms with van der Waals surface area (Å²) in [6.45, 7) is 3.78. The summed E-state index contributed by atoms with van der Waals surface area (Å²) in [7, 11) is 1.87. The second-order valence-corrected chi connectivity index (χ2v) is 9.38. The first-order valence-corrected chi connectivity index (χ1v) is 12.6. The Morgan fingerprint density at radius 2 is 1.90 bits per heavy atom. The number of aryl methyl sites for hydroxylation is 2. The van der Waals surface area contributed by atoms with Crippen molar-refractivity contribution in [2.24, 2.45) is 7.05 Å². The van der Waals surface area contributed by atoms with Crippen LogP contribution in [0.15, 0.2) is 85.7 Å².